The molecule has 1 aromatic carbocycles. The van der Waals surface area contributed by atoms with E-state index in [1.165, 1.54) is 5.56 Å². The number of nitrogens with zero attached hydrogens (tertiary/aromatic N) is 5. The molecule has 2 aliphatic heterocycles. The van der Waals surface area contributed by atoms with Crippen molar-refractivity contribution in [3.63, 3.8) is 0 Å². The van der Waals surface area contributed by atoms with Gasteiger partial charge in [0.1, 0.15) is 0 Å². The van der Waals surface area contributed by atoms with Crippen molar-refractivity contribution in [3.8, 4) is 0 Å². The van der Waals surface area contributed by atoms with E-state index < -0.39 is 0 Å². The lowest BCUT2D eigenvalue weighted by Gasteiger charge is -2.35. The third-order valence-corrected chi connectivity index (χ3v) is 5.52. The highest BCUT2D eigenvalue weighted by molar-refractivity contribution is 9.10. The van der Waals surface area contributed by atoms with Gasteiger partial charge in [0.2, 0.25) is 0 Å². The molecule has 2 aromatic rings. The second kappa shape index (κ2) is 8.33. The molecule has 0 saturated carbocycles. The molecule has 1 aromatic heterocycles. The summed E-state index contributed by atoms with van der Waals surface area (Å²) in [5.41, 5.74) is 1.36. The number of hydrogen-bond acceptors (Lipinski definition) is 6. The number of piperazine rings is 1. The first-order valence-corrected chi connectivity index (χ1v) is 9.95. The molecule has 138 valence electrons. The van der Waals surface area contributed by atoms with Crippen LogP contribution in [0.3, 0.4) is 0 Å². The summed E-state index contributed by atoms with van der Waals surface area (Å²) in [5.74, 6) is 1.93. The lowest BCUT2D eigenvalue weighted by molar-refractivity contribution is 0.122. The molecular weight excluding hydrogens is 394 g/mol. The summed E-state index contributed by atoms with van der Waals surface area (Å²) in [5, 5.41) is 8.90. The van der Waals surface area contributed by atoms with Crippen molar-refractivity contribution >= 4 is 27.6 Å². The van der Waals surface area contributed by atoms with E-state index in [2.05, 4.69) is 77.2 Å². The van der Waals surface area contributed by atoms with E-state index in [4.69, 9.17) is 4.74 Å². The minimum absolute atomic E-state index is 0.768. The Morgan fingerprint density at radius 1 is 0.769 bits per heavy atom. The second-order valence-electron chi connectivity index (χ2n) is 6.74. The normalized spacial score (nSPS) is 19.0. The zero-order valence-corrected chi connectivity index (χ0v) is 16.4. The van der Waals surface area contributed by atoms with E-state index >= 15 is 0 Å². The Bertz CT molecular complexity index is 695. The number of halogens is 1. The molecule has 0 atom stereocenters. The fourth-order valence-electron chi connectivity index (χ4n) is 3.43. The minimum Gasteiger partial charge on any atom is -0.378 e. The zero-order valence-electron chi connectivity index (χ0n) is 14.9. The summed E-state index contributed by atoms with van der Waals surface area (Å²) >= 11 is 3.49. The highest BCUT2D eigenvalue weighted by Gasteiger charge is 2.19. The second-order valence-corrected chi connectivity index (χ2v) is 7.65. The predicted octanol–water partition coefficient (Wildman–Crippen LogP) is 2.40. The Hall–Kier alpha value is -1.70. The van der Waals surface area contributed by atoms with Crippen molar-refractivity contribution in [1.82, 2.24) is 15.1 Å². The van der Waals surface area contributed by atoms with Gasteiger partial charge in [-0.15, -0.1) is 10.2 Å². The van der Waals surface area contributed by atoms with Crippen molar-refractivity contribution in [3.05, 3.63) is 46.4 Å². The van der Waals surface area contributed by atoms with E-state index in [9.17, 15) is 0 Å². The van der Waals surface area contributed by atoms with Crippen LogP contribution < -0.4 is 9.80 Å². The van der Waals surface area contributed by atoms with Crippen LogP contribution in [0.25, 0.3) is 0 Å². The zero-order chi connectivity index (χ0) is 17.8. The highest BCUT2D eigenvalue weighted by atomic mass is 79.9. The topological polar surface area (TPSA) is 44.7 Å². The quantitative estimate of drug-likeness (QED) is 0.760. The summed E-state index contributed by atoms with van der Waals surface area (Å²) in [7, 11) is 0. The fourth-order valence-corrected chi connectivity index (χ4v) is 3.70. The third kappa shape index (κ3) is 4.34. The molecule has 0 aliphatic carbocycles. The summed E-state index contributed by atoms with van der Waals surface area (Å²) in [6.07, 6.45) is 0. The predicted molar refractivity (Wildman–Crippen MR) is 107 cm³/mol. The van der Waals surface area contributed by atoms with Gasteiger partial charge in [-0.05, 0) is 29.8 Å². The summed E-state index contributed by atoms with van der Waals surface area (Å²) in [6, 6.07) is 12.8. The minimum atomic E-state index is 0.768. The van der Waals surface area contributed by atoms with Gasteiger partial charge in [-0.2, -0.15) is 0 Å². The largest absolute Gasteiger partial charge is 0.378 e. The van der Waals surface area contributed by atoms with Crippen LogP contribution in [-0.4, -0.2) is 67.6 Å². The fraction of sp³-hybridized carbons (Fsp3) is 0.474. The van der Waals surface area contributed by atoms with Gasteiger partial charge in [-0.1, -0.05) is 28.1 Å². The van der Waals surface area contributed by atoms with Crippen LogP contribution in [0.15, 0.2) is 40.9 Å². The van der Waals surface area contributed by atoms with Crippen LogP contribution in [0.2, 0.25) is 0 Å². The van der Waals surface area contributed by atoms with Crippen LogP contribution in [0.4, 0.5) is 11.6 Å². The molecule has 0 unspecified atom stereocenters. The van der Waals surface area contributed by atoms with Gasteiger partial charge in [-0.25, -0.2) is 0 Å². The lowest BCUT2D eigenvalue weighted by Crippen LogP contribution is -2.46. The molecule has 0 bridgehead atoms. The monoisotopic (exact) mass is 417 g/mol. The van der Waals surface area contributed by atoms with Gasteiger partial charge in [0.05, 0.1) is 13.2 Å². The van der Waals surface area contributed by atoms with Crippen molar-refractivity contribution in [2.24, 2.45) is 0 Å². The Balaban J connectivity index is 1.30. The molecule has 2 saturated heterocycles. The van der Waals surface area contributed by atoms with Crippen LogP contribution in [0.1, 0.15) is 5.56 Å². The number of benzene rings is 1. The first kappa shape index (κ1) is 17.7. The van der Waals surface area contributed by atoms with E-state index in [0.717, 1.165) is 75.1 Å². The molecule has 0 amide bonds. The molecule has 4 rings (SSSR count). The number of aromatic nitrogens is 2. The van der Waals surface area contributed by atoms with E-state index in [1.54, 1.807) is 0 Å². The van der Waals surface area contributed by atoms with Gasteiger partial charge in [0.25, 0.3) is 0 Å². The third-order valence-electron chi connectivity index (χ3n) is 4.99. The van der Waals surface area contributed by atoms with Gasteiger partial charge >= 0.3 is 0 Å². The lowest BCUT2D eigenvalue weighted by atomic mass is 10.2. The maximum absolute atomic E-state index is 5.39. The summed E-state index contributed by atoms with van der Waals surface area (Å²) in [4.78, 5) is 7.06. The van der Waals surface area contributed by atoms with Crippen molar-refractivity contribution < 1.29 is 4.74 Å². The van der Waals surface area contributed by atoms with Crippen molar-refractivity contribution in [1.29, 1.82) is 0 Å². The first-order valence-electron chi connectivity index (χ1n) is 9.16. The van der Waals surface area contributed by atoms with Crippen LogP contribution >= 0.6 is 15.9 Å². The Kier molecular flexibility index (Phi) is 5.67. The van der Waals surface area contributed by atoms with Gasteiger partial charge in [0, 0.05) is 50.3 Å². The van der Waals surface area contributed by atoms with Gasteiger partial charge in [0.15, 0.2) is 11.6 Å². The van der Waals surface area contributed by atoms with E-state index in [-0.39, 0.29) is 0 Å². The summed E-state index contributed by atoms with van der Waals surface area (Å²) in [6.45, 7) is 8.39. The van der Waals surface area contributed by atoms with Gasteiger partial charge in [-0.3, -0.25) is 4.90 Å². The number of hydrogen-bond donors (Lipinski definition) is 0. The number of rotatable bonds is 4. The van der Waals surface area contributed by atoms with E-state index in [0.29, 0.717) is 0 Å². The molecular formula is C19H24BrN5O. The Morgan fingerprint density at radius 3 is 1.92 bits per heavy atom. The number of anilines is 2. The van der Waals surface area contributed by atoms with Gasteiger partial charge < -0.3 is 14.5 Å². The molecule has 2 aliphatic rings. The smallest absolute Gasteiger partial charge is 0.151 e. The number of ether oxygens (including phenoxy) is 1. The Morgan fingerprint density at radius 2 is 1.35 bits per heavy atom. The number of morpholine rings is 1. The van der Waals surface area contributed by atoms with Crippen LogP contribution in [0, 0.1) is 0 Å². The molecule has 2 fully saturated rings. The van der Waals surface area contributed by atoms with Crippen LogP contribution in [0.5, 0.6) is 0 Å². The average Bonchev–Trinajstić information content (AvgIpc) is 2.71. The van der Waals surface area contributed by atoms with E-state index in [1.807, 2.05) is 0 Å². The molecule has 0 radical (unpaired) electrons. The highest BCUT2D eigenvalue weighted by Crippen LogP contribution is 2.18. The average molecular weight is 418 g/mol. The molecule has 0 N–H and O–H groups in total. The molecule has 3 heterocycles. The summed E-state index contributed by atoms with van der Waals surface area (Å²) < 4.78 is 6.52. The first-order chi connectivity index (χ1) is 12.8. The van der Waals surface area contributed by atoms with Crippen molar-refractivity contribution in [2.75, 3.05) is 62.3 Å². The molecule has 0 spiro atoms. The van der Waals surface area contributed by atoms with Crippen LogP contribution in [-0.2, 0) is 11.3 Å². The molecule has 7 heteroatoms. The SMILES string of the molecule is Brc1ccc(CN2CCN(c3ccc(N4CCOCC4)nn3)CC2)cc1. The maximum Gasteiger partial charge on any atom is 0.151 e. The maximum atomic E-state index is 5.39. The van der Waals surface area contributed by atoms with Crippen molar-refractivity contribution in [2.45, 2.75) is 6.54 Å². The Labute approximate surface area is 162 Å². The molecule has 6 nitrogen and oxygen atoms in total. The molecule has 26 heavy (non-hydrogen) atoms. The standard InChI is InChI=1S/C19H24BrN5O/c20-17-3-1-16(2-4-17)15-23-7-9-24(10-8-23)18-5-6-19(22-21-18)25-11-13-26-14-12-25/h1-6H,7-15H2.